The van der Waals surface area contributed by atoms with E-state index in [0.717, 1.165) is 18.0 Å². The summed E-state index contributed by atoms with van der Waals surface area (Å²) < 4.78 is 32.8. The number of likely N-dealkylation sites (N-methyl/N-ethyl adjacent to an activating group) is 2. The molecule has 0 saturated heterocycles. The van der Waals surface area contributed by atoms with Crippen LogP contribution in [-0.4, -0.2) is 45.5 Å². The number of nitrogens with zero attached hydrogens (tertiary/aromatic N) is 2. The molecule has 0 amide bonds. The van der Waals surface area contributed by atoms with E-state index in [4.69, 9.17) is 4.74 Å². The van der Waals surface area contributed by atoms with Crippen molar-refractivity contribution >= 4 is 27.0 Å². The van der Waals surface area contributed by atoms with Crippen molar-refractivity contribution in [2.45, 2.75) is 17.2 Å². The van der Waals surface area contributed by atoms with Crippen molar-refractivity contribution in [2.75, 3.05) is 31.6 Å². The number of para-hydroxylation sites is 2. The zero-order valence-electron chi connectivity index (χ0n) is 13.2. The highest BCUT2D eigenvalue weighted by Gasteiger charge is 2.30. The van der Waals surface area contributed by atoms with Crippen molar-refractivity contribution in [1.82, 2.24) is 4.31 Å². The molecule has 0 fully saturated rings. The Morgan fingerprint density at radius 1 is 1.30 bits per heavy atom. The first kappa shape index (κ1) is 16.3. The average Bonchev–Trinajstić information content (AvgIpc) is 3.09. The van der Waals surface area contributed by atoms with Crippen molar-refractivity contribution in [3.8, 4) is 5.75 Å². The molecular formula is C16H20N2O3S2. The Hall–Kier alpha value is -1.57. The largest absolute Gasteiger partial charge is 0.485 e. The van der Waals surface area contributed by atoms with Crippen LogP contribution in [0.15, 0.2) is 46.0 Å². The molecule has 1 aliphatic rings. The fraction of sp³-hybridized carbons (Fsp3) is 0.375. The van der Waals surface area contributed by atoms with Crippen LogP contribution in [0.5, 0.6) is 5.75 Å². The number of rotatable bonds is 5. The van der Waals surface area contributed by atoms with Gasteiger partial charge in [0.05, 0.1) is 18.8 Å². The van der Waals surface area contributed by atoms with E-state index in [1.165, 1.54) is 15.6 Å². The van der Waals surface area contributed by atoms with Crippen LogP contribution in [0.1, 0.15) is 6.92 Å². The maximum Gasteiger partial charge on any atom is 0.252 e. The topological polar surface area (TPSA) is 49.9 Å². The molecule has 7 heteroatoms. The van der Waals surface area contributed by atoms with Gasteiger partial charge in [-0.1, -0.05) is 18.2 Å². The summed E-state index contributed by atoms with van der Waals surface area (Å²) in [5.74, 6) is 0.813. The average molecular weight is 352 g/mol. The van der Waals surface area contributed by atoms with Gasteiger partial charge in [0.1, 0.15) is 16.1 Å². The lowest BCUT2D eigenvalue weighted by molar-refractivity contribution is 0.171. The summed E-state index contributed by atoms with van der Waals surface area (Å²) in [7, 11) is -1.84. The molecule has 0 bridgehead atoms. The first-order valence-electron chi connectivity index (χ1n) is 7.53. The van der Waals surface area contributed by atoms with Crippen LogP contribution < -0.4 is 9.64 Å². The second-order valence-corrected chi connectivity index (χ2v) is 8.68. The first-order valence-corrected chi connectivity index (χ1v) is 9.85. The molecular weight excluding hydrogens is 332 g/mol. The highest BCUT2D eigenvalue weighted by Crippen LogP contribution is 2.33. The van der Waals surface area contributed by atoms with Crippen LogP contribution in [0.3, 0.4) is 0 Å². The maximum absolute atomic E-state index is 12.5. The van der Waals surface area contributed by atoms with Gasteiger partial charge in [0.25, 0.3) is 10.0 Å². The molecule has 124 valence electrons. The highest BCUT2D eigenvalue weighted by atomic mass is 32.2. The molecule has 1 aromatic carbocycles. The van der Waals surface area contributed by atoms with Crippen LogP contribution in [-0.2, 0) is 10.0 Å². The number of benzene rings is 1. The lowest BCUT2D eigenvalue weighted by Gasteiger charge is -2.36. The van der Waals surface area contributed by atoms with Crippen LogP contribution >= 0.6 is 11.3 Å². The molecule has 1 aliphatic heterocycles. The second-order valence-electron chi connectivity index (χ2n) is 5.46. The van der Waals surface area contributed by atoms with Gasteiger partial charge in [-0.2, -0.15) is 4.31 Å². The van der Waals surface area contributed by atoms with Gasteiger partial charge >= 0.3 is 0 Å². The Balaban J connectivity index is 1.77. The standard InChI is InChI=1S/C16H20N2O3S2/c1-3-18-12-13(21-15-8-5-4-7-14(15)18)11-17(2)23(19,20)16-9-6-10-22-16/h4-10,13H,3,11-12H2,1-2H3. The minimum absolute atomic E-state index is 0.190. The number of hydrogen-bond acceptors (Lipinski definition) is 5. The van der Waals surface area contributed by atoms with E-state index in [-0.39, 0.29) is 6.10 Å². The van der Waals surface area contributed by atoms with Gasteiger partial charge in [-0.25, -0.2) is 8.42 Å². The van der Waals surface area contributed by atoms with Gasteiger partial charge in [0.2, 0.25) is 0 Å². The minimum Gasteiger partial charge on any atom is -0.485 e. The molecule has 0 saturated carbocycles. The SMILES string of the molecule is CCN1CC(CN(C)S(=O)(=O)c2cccs2)Oc2ccccc21. The summed E-state index contributed by atoms with van der Waals surface area (Å²) in [5, 5.41) is 1.77. The fourth-order valence-electron chi connectivity index (χ4n) is 2.72. The summed E-state index contributed by atoms with van der Waals surface area (Å²) in [6, 6.07) is 11.3. The molecule has 2 heterocycles. The molecule has 0 radical (unpaired) electrons. The van der Waals surface area contributed by atoms with Crippen LogP contribution in [0.2, 0.25) is 0 Å². The van der Waals surface area contributed by atoms with Crippen molar-refractivity contribution in [1.29, 1.82) is 0 Å². The Kier molecular flexibility index (Phi) is 4.61. The number of sulfonamides is 1. The van der Waals surface area contributed by atoms with Crippen molar-refractivity contribution in [3.63, 3.8) is 0 Å². The van der Waals surface area contributed by atoms with E-state index in [9.17, 15) is 8.42 Å². The summed E-state index contributed by atoms with van der Waals surface area (Å²) in [6.07, 6.45) is -0.190. The van der Waals surface area contributed by atoms with E-state index in [0.29, 0.717) is 17.3 Å². The van der Waals surface area contributed by atoms with Gasteiger partial charge in [-0.05, 0) is 30.5 Å². The molecule has 2 aromatic rings. The van der Waals surface area contributed by atoms with Gasteiger partial charge < -0.3 is 9.64 Å². The lowest BCUT2D eigenvalue weighted by Crippen LogP contribution is -2.46. The summed E-state index contributed by atoms with van der Waals surface area (Å²) in [4.78, 5) is 2.22. The van der Waals surface area contributed by atoms with E-state index in [2.05, 4.69) is 11.8 Å². The number of anilines is 1. The highest BCUT2D eigenvalue weighted by molar-refractivity contribution is 7.91. The van der Waals surface area contributed by atoms with E-state index < -0.39 is 10.0 Å². The molecule has 1 atom stereocenters. The fourth-order valence-corrected chi connectivity index (χ4v) is 5.13. The smallest absolute Gasteiger partial charge is 0.252 e. The molecule has 0 N–H and O–H groups in total. The molecule has 0 aliphatic carbocycles. The second kappa shape index (κ2) is 6.51. The Labute approximate surface area is 141 Å². The van der Waals surface area contributed by atoms with Crippen LogP contribution in [0.25, 0.3) is 0 Å². The van der Waals surface area contributed by atoms with Gasteiger partial charge in [0.15, 0.2) is 0 Å². The molecule has 5 nitrogen and oxygen atoms in total. The maximum atomic E-state index is 12.5. The first-order chi connectivity index (χ1) is 11.0. The normalized spacial score (nSPS) is 17.9. The summed E-state index contributed by atoms with van der Waals surface area (Å²) >= 11 is 1.23. The van der Waals surface area contributed by atoms with E-state index in [1.807, 2.05) is 24.3 Å². The number of hydrogen-bond donors (Lipinski definition) is 0. The van der Waals surface area contributed by atoms with Crippen LogP contribution in [0.4, 0.5) is 5.69 Å². The van der Waals surface area contributed by atoms with Gasteiger partial charge in [-0.15, -0.1) is 11.3 Å². The number of ether oxygens (including phenoxy) is 1. The Bertz CT molecular complexity index is 759. The Morgan fingerprint density at radius 3 is 2.78 bits per heavy atom. The third kappa shape index (κ3) is 3.22. The number of thiophene rings is 1. The van der Waals surface area contributed by atoms with Crippen LogP contribution in [0, 0.1) is 0 Å². The molecule has 23 heavy (non-hydrogen) atoms. The summed E-state index contributed by atoms with van der Waals surface area (Å²) in [5.41, 5.74) is 1.06. The zero-order chi connectivity index (χ0) is 16.4. The van der Waals surface area contributed by atoms with Crippen molar-refractivity contribution < 1.29 is 13.2 Å². The summed E-state index contributed by atoms with van der Waals surface area (Å²) in [6.45, 7) is 3.95. The monoisotopic (exact) mass is 352 g/mol. The Morgan fingerprint density at radius 2 is 2.09 bits per heavy atom. The third-order valence-corrected chi connectivity index (χ3v) is 7.12. The van der Waals surface area contributed by atoms with E-state index in [1.54, 1.807) is 24.6 Å². The molecule has 0 spiro atoms. The zero-order valence-corrected chi connectivity index (χ0v) is 14.8. The predicted molar refractivity (Wildman–Crippen MR) is 92.9 cm³/mol. The van der Waals surface area contributed by atoms with Gasteiger partial charge in [-0.3, -0.25) is 0 Å². The lowest BCUT2D eigenvalue weighted by atomic mass is 10.2. The van der Waals surface area contributed by atoms with Gasteiger partial charge in [0, 0.05) is 13.6 Å². The predicted octanol–water partition coefficient (Wildman–Crippen LogP) is 2.66. The quantitative estimate of drug-likeness (QED) is 0.830. The number of fused-ring (bicyclic) bond motifs is 1. The minimum atomic E-state index is -3.44. The third-order valence-electron chi connectivity index (χ3n) is 3.93. The van der Waals surface area contributed by atoms with Crippen molar-refractivity contribution in [3.05, 3.63) is 41.8 Å². The molecule has 1 aromatic heterocycles. The molecule has 3 rings (SSSR count). The van der Waals surface area contributed by atoms with Crippen molar-refractivity contribution in [2.24, 2.45) is 0 Å². The van der Waals surface area contributed by atoms with E-state index >= 15 is 0 Å². The molecule has 1 unspecified atom stereocenters.